The summed E-state index contributed by atoms with van der Waals surface area (Å²) >= 11 is 1.61. The van der Waals surface area contributed by atoms with Crippen LogP contribution in [0.15, 0.2) is 107 Å². The first kappa shape index (κ1) is 21.9. The van der Waals surface area contributed by atoms with Crippen molar-refractivity contribution in [1.82, 2.24) is 14.8 Å². The molecular weight excluding hydrogens is 438 g/mol. The summed E-state index contributed by atoms with van der Waals surface area (Å²) in [6.45, 7) is 3.96. The van der Waals surface area contributed by atoms with Gasteiger partial charge in [0.1, 0.15) is 5.03 Å². The second-order valence-electron chi connectivity index (χ2n) is 8.05. The lowest BCUT2D eigenvalue weighted by Gasteiger charge is -2.10. The number of rotatable bonds is 6. The van der Waals surface area contributed by atoms with Crippen molar-refractivity contribution in [1.29, 1.82) is 0 Å². The molecule has 4 nitrogen and oxygen atoms in total. The van der Waals surface area contributed by atoms with Gasteiger partial charge >= 0.3 is 0 Å². The zero-order valence-corrected chi connectivity index (χ0v) is 19.8. The van der Waals surface area contributed by atoms with Crippen LogP contribution in [0.4, 0.5) is 0 Å². The fourth-order valence-electron chi connectivity index (χ4n) is 3.87. The van der Waals surface area contributed by atoms with Gasteiger partial charge in [0.25, 0.3) is 0 Å². The van der Waals surface area contributed by atoms with E-state index in [2.05, 4.69) is 23.2 Å². The number of aromatic nitrogens is 3. The number of allylic oxidation sites excluding steroid dienone is 1. The lowest BCUT2D eigenvalue weighted by Crippen LogP contribution is -1.98. The molecule has 0 atom stereocenters. The Morgan fingerprint density at radius 1 is 0.912 bits per heavy atom. The fraction of sp³-hybridized carbons (Fsp3) is 0.0690. The minimum absolute atomic E-state index is 0.0293. The monoisotopic (exact) mass is 461 g/mol. The van der Waals surface area contributed by atoms with Gasteiger partial charge in [0, 0.05) is 27.6 Å². The fourth-order valence-corrected chi connectivity index (χ4v) is 5.05. The molecule has 0 fully saturated rings. The van der Waals surface area contributed by atoms with Crippen LogP contribution in [0, 0.1) is 13.8 Å². The van der Waals surface area contributed by atoms with Gasteiger partial charge in [-0.1, -0.05) is 71.9 Å². The summed E-state index contributed by atoms with van der Waals surface area (Å²) in [6.07, 6.45) is 5.33. The number of fused-ring (bicyclic) bond motifs is 1. The Labute approximate surface area is 203 Å². The molecule has 0 saturated carbocycles. The average molecular weight is 462 g/mol. The van der Waals surface area contributed by atoms with Gasteiger partial charge in [-0.3, -0.25) is 9.78 Å². The smallest absolute Gasteiger partial charge is 0.185 e. The van der Waals surface area contributed by atoms with E-state index in [1.54, 1.807) is 17.8 Å². The van der Waals surface area contributed by atoms with Crippen LogP contribution in [0.1, 0.15) is 27.2 Å². The number of ketones is 1. The van der Waals surface area contributed by atoms with Crippen molar-refractivity contribution >= 4 is 34.5 Å². The van der Waals surface area contributed by atoms with E-state index in [1.165, 1.54) is 0 Å². The molecule has 34 heavy (non-hydrogen) atoms. The normalized spacial score (nSPS) is 11.4. The van der Waals surface area contributed by atoms with Crippen LogP contribution in [0.25, 0.3) is 22.7 Å². The maximum absolute atomic E-state index is 12.9. The highest BCUT2D eigenvalue weighted by atomic mass is 32.2. The predicted molar refractivity (Wildman–Crippen MR) is 139 cm³/mol. The summed E-state index contributed by atoms with van der Waals surface area (Å²) in [7, 11) is 0. The molecule has 2 aromatic heterocycles. The van der Waals surface area contributed by atoms with Crippen molar-refractivity contribution in [3.63, 3.8) is 0 Å². The SMILES string of the molecule is Cc1cccc(C(=O)/C=C/c2c(C)nn(-c3ccccc3)c2Sc2cccc3cccnc23)c1. The van der Waals surface area contributed by atoms with Crippen molar-refractivity contribution in [2.24, 2.45) is 0 Å². The van der Waals surface area contributed by atoms with Crippen LogP contribution in [-0.2, 0) is 0 Å². The Morgan fingerprint density at radius 3 is 2.53 bits per heavy atom. The van der Waals surface area contributed by atoms with E-state index >= 15 is 0 Å². The third kappa shape index (κ3) is 4.43. The minimum atomic E-state index is -0.0293. The summed E-state index contributed by atoms with van der Waals surface area (Å²) in [5, 5.41) is 6.86. The molecule has 5 heteroatoms. The summed E-state index contributed by atoms with van der Waals surface area (Å²) in [4.78, 5) is 18.5. The van der Waals surface area contributed by atoms with Crippen molar-refractivity contribution in [2.75, 3.05) is 0 Å². The van der Waals surface area contributed by atoms with E-state index in [9.17, 15) is 4.79 Å². The molecule has 5 aromatic rings. The number of hydrogen-bond donors (Lipinski definition) is 0. The van der Waals surface area contributed by atoms with E-state index in [0.717, 1.165) is 43.3 Å². The number of para-hydroxylation sites is 2. The summed E-state index contributed by atoms with van der Waals surface area (Å²) in [5.74, 6) is -0.0293. The first-order chi connectivity index (χ1) is 16.6. The topological polar surface area (TPSA) is 47.8 Å². The number of hydrogen-bond acceptors (Lipinski definition) is 4. The molecular formula is C29H23N3OS. The van der Waals surface area contributed by atoms with Crippen LogP contribution in [0.3, 0.4) is 0 Å². The quantitative estimate of drug-likeness (QED) is 0.200. The molecule has 0 aliphatic carbocycles. The standard InChI is InChI=1S/C29H23N3OS/c1-20-9-6-11-23(19-20)26(33)17-16-25-21(2)31-32(24-13-4-3-5-14-24)29(25)34-27-15-7-10-22-12-8-18-30-28(22)27/h3-19H,1-2H3/b17-16+. The van der Waals surface area contributed by atoms with E-state index < -0.39 is 0 Å². The van der Waals surface area contributed by atoms with Gasteiger partial charge in [0.05, 0.1) is 16.9 Å². The summed E-state index contributed by atoms with van der Waals surface area (Å²) in [6, 6.07) is 27.9. The number of carbonyl (C=O) groups excluding carboxylic acids is 1. The first-order valence-corrected chi connectivity index (χ1v) is 11.9. The van der Waals surface area contributed by atoms with Crippen LogP contribution in [-0.4, -0.2) is 20.5 Å². The van der Waals surface area contributed by atoms with Crippen LogP contribution < -0.4 is 0 Å². The van der Waals surface area contributed by atoms with Gasteiger partial charge in [-0.2, -0.15) is 5.10 Å². The molecule has 166 valence electrons. The molecule has 2 heterocycles. The van der Waals surface area contributed by atoms with Gasteiger partial charge in [-0.25, -0.2) is 4.68 Å². The molecule has 0 unspecified atom stereocenters. The zero-order valence-electron chi connectivity index (χ0n) is 19.0. The van der Waals surface area contributed by atoms with Crippen molar-refractivity contribution < 1.29 is 4.79 Å². The number of nitrogens with zero attached hydrogens (tertiary/aromatic N) is 3. The maximum atomic E-state index is 12.9. The average Bonchev–Trinajstić information content (AvgIpc) is 3.18. The molecule has 0 spiro atoms. The van der Waals surface area contributed by atoms with Gasteiger partial charge in [-0.05, 0) is 56.3 Å². The van der Waals surface area contributed by atoms with Crippen LogP contribution >= 0.6 is 11.8 Å². The molecule has 0 saturated heterocycles. The van der Waals surface area contributed by atoms with Gasteiger partial charge < -0.3 is 0 Å². The molecule has 0 aliphatic rings. The maximum Gasteiger partial charge on any atom is 0.185 e. The van der Waals surface area contributed by atoms with E-state index in [-0.39, 0.29) is 5.78 Å². The largest absolute Gasteiger partial charge is 0.289 e. The van der Waals surface area contributed by atoms with Crippen LogP contribution in [0.2, 0.25) is 0 Å². The molecule has 0 aliphatic heterocycles. The highest BCUT2D eigenvalue weighted by molar-refractivity contribution is 7.99. The second kappa shape index (κ2) is 9.49. The molecule has 0 amide bonds. The predicted octanol–water partition coefficient (Wildman–Crippen LogP) is 7.08. The number of aryl methyl sites for hydroxylation is 2. The molecule has 3 aromatic carbocycles. The van der Waals surface area contributed by atoms with Gasteiger partial charge in [-0.15, -0.1) is 0 Å². The number of pyridine rings is 1. The summed E-state index contributed by atoms with van der Waals surface area (Å²) in [5.41, 5.74) is 5.42. The molecule has 0 radical (unpaired) electrons. The zero-order chi connectivity index (χ0) is 23.5. The van der Waals surface area contributed by atoms with E-state index in [4.69, 9.17) is 5.10 Å². The number of benzene rings is 3. The van der Waals surface area contributed by atoms with E-state index in [1.807, 2.05) is 97.5 Å². The molecule has 5 rings (SSSR count). The third-order valence-electron chi connectivity index (χ3n) is 5.57. The third-order valence-corrected chi connectivity index (χ3v) is 6.71. The van der Waals surface area contributed by atoms with Gasteiger partial charge in [0.2, 0.25) is 0 Å². The molecule has 0 bridgehead atoms. The Bertz CT molecular complexity index is 1510. The minimum Gasteiger partial charge on any atom is -0.289 e. The van der Waals surface area contributed by atoms with Gasteiger partial charge in [0.15, 0.2) is 5.78 Å². The van der Waals surface area contributed by atoms with Crippen LogP contribution in [0.5, 0.6) is 0 Å². The Kier molecular flexibility index (Phi) is 6.11. The highest BCUT2D eigenvalue weighted by Gasteiger charge is 2.18. The first-order valence-electron chi connectivity index (χ1n) is 11.1. The molecule has 0 N–H and O–H groups in total. The lowest BCUT2D eigenvalue weighted by molar-refractivity contribution is 0.104. The highest BCUT2D eigenvalue weighted by Crippen LogP contribution is 2.37. The van der Waals surface area contributed by atoms with Crippen molar-refractivity contribution in [2.45, 2.75) is 23.8 Å². The summed E-state index contributed by atoms with van der Waals surface area (Å²) < 4.78 is 1.94. The number of carbonyl (C=O) groups is 1. The lowest BCUT2D eigenvalue weighted by atomic mass is 10.1. The Hall–Kier alpha value is -3.96. The van der Waals surface area contributed by atoms with Crippen molar-refractivity contribution in [3.8, 4) is 5.69 Å². The van der Waals surface area contributed by atoms with Crippen molar-refractivity contribution in [3.05, 3.63) is 120 Å². The Balaban J connectivity index is 1.60. The van der Waals surface area contributed by atoms with E-state index in [0.29, 0.717) is 5.56 Å². The second-order valence-corrected chi connectivity index (χ2v) is 9.08. The Morgan fingerprint density at radius 2 is 1.71 bits per heavy atom.